The zero-order chi connectivity index (χ0) is 13.5. The number of fused-ring (bicyclic) bond motifs is 1. The number of hydrogen-bond donors (Lipinski definition) is 0. The van der Waals surface area contributed by atoms with Crippen molar-refractivity contribution in [2.45, 2.75) is 24.6 Å². The van der Waals surface area contributed by atoms with Crippen molar-refractivity contribution in [3.8, 4) is 5.82 Å². The maximum Gasteiger partial charge on any atom is 0.161 e. The van der Waals surface area contributed by atoms with Crippen LogP contribution in [0.5, 0.6) is 0 Å². The van der Waals surface area contributed by atoms with Gasteiger partial charge in [-0.05, 0) is 30.4 Å². The molecule has 0 amide bonds. The molecule has 1 fully saturated rings. The summed E-state index contributed by atoms with van der Waals surface area (Å²) in [5.74, 6) is 1.93. The summed E-state index contributed by atoms with van der Waals surface area (Å²) in [7, 11) is 0. The third-order valence-corrected chi connectivity index (χ3v) is 4.01. The number of alkyl halides is 1. The topological polar surface area (TPSA) is 30.7 Å². The van der Waals surface area contributed by atoms with Crippen molar-refractivity contribution >= 4 is 22.4 Å². The van der Waals surface area contributed by atoms with Crippen LogP contribution in [0.1, 0.15) is 30.1 Å². The minimum atomic E-state index is 0.411. The quantitative estimate of drug-likeness (QED) is 0.679. The van der Waals surface area contributed by atoms with Crippen LogP contribution in [0.15, 0.2) is 42.6 Å². The predicted octanol–water partition coefficient (Wildman–Crippen LogP) is 4.04. The zero-order valence-electron chi connectivity index (χ0n) is 11.0. The maximum atomic E-state index is 5.96. The van der Waals surface area contributed by atoms with Crippen LogP contribution in [0.3, 0.4) is 0 Å². The van der Waals surface area contributed by atoms with Gasteiger partial charge in [-0.15, -0.1) is 11.6 Å². The summed E-state index contributed by atoms with van der Waals surface area (Å²) < 4.78 is 1.88. The highest BCUT2D eigenvalue weighted by molar-refractivity contribution is 6.17. The Labute approximate surface area is 122 Å². The maximum absolute atomic E-state index is 5.96. The summed E-state index contributed by atoms with van der Waals surface area (Å²) in [5, 5.41) is 6.93. The van der Waals surface area contributed by atoms with E-state index in [0.717, 1.165) is 22.3 Å². The molecule has 0 N–H and O–H groups in total. The Morgan fingerprint density at radius 3 is 2.85 bits per heavy atom. The van der Waals surface area contributed by atoms with Gasteiger partial charge in [0.15, 0.2) is 5.82 Å². The molecule has 0 unspecified atom stereocenters. The van der Waals surface area contributed by atoms with Crippen molar-refractivity contribution in [2.75, 3.05) is 0 Å². The van der Waals surface area contributed by atoms with E-state index in [1.165, 1.54) is 18.5 Å². The molecule has 1 aliphatic rings. The van der Waals surface area contributed by atoms with Crippen LogP contribution >= 0.6 is 11.6 Å². The van der Waals surface area contributed by atoms with E-state index in [1.54, 1.807) is 0 Å². The zero-order valence-corrected chi connectivity index (χ0v) is 11.7. The van der Waals surface area contributed by atoms with E-state index in [-0.39, 0.29) is 0 Å². The van der Waals surface area contributed by atoms with E-state index in [1.807, 2.05) is 29.1 Å². The van der Waals surface area contributed by atoms with Crippen molar-refractivity contribution in [3.63, 3.8) is 0 Å². The molecule has 0 bridgehead atoms. The van der Waals surface area contributed by atoms with Gasteiger partial charge in [-0.25, -0.2) is 9.67 Å². The molecule has 0 atom stereocenters. The second-order valence-corrected chi connectivity index (χ2v) is 5.52. The number of rotatable bonds is 3. The lowest BCUT2D eigenvalue weighted by Crippen LogP contribution is -2.02. The first-order valence-electron chi connectivity index (χ1n) is 6.86. The molecular weight excluding hydrogens is 270 g/mol. The van der Waals surface area contributed by atoms with Gasteiger partial charge in [0.05, 0.1) is 17.3 Å². The van der Waals surface area contributed by atoms with Crippen molar-refractivity contribution in [1.82, 2.24) is 14.8 Å². The molecule has 4 heteroatoms. The Kier molecular flexibility index (Phi) is 2.74. The minimum Gasteiger partial charge on any atom is -0.232 e. The Bertz CT molecular complexity index is 774. The van der Waals surface area contributed by atoms with Crippen LogP contribution in [-0.4, -0.2) is 14.8 Å². The summed E-state index contributed by atoms with van der Waals surface area (Å²) in [4.78, 5) is 4.65. The number of benzene rings is 1. The molecule has 1 aromatic carbocycles. The monoisotopic (exact) mass is 283 g/mol. The van der Waals surface area contributed by atoms with Gasteiger partial charge < -0.3 is 0 Å². The number of aromatic nitrogens is 3. The highest BCUT2D eigenvalue weighted by atomic mass is 35.5. The predicted molar refractivity (Wildman–Crippen MR) is 80.4 cm³/mol. The molecule has 0 aliphatic heterocycles. The first-order chi connectivity index (χ1) is 9.85. The van der Waals surface area contributed by atoms with Crippen LogP contribution in [0.25, 0.3) is 16.6 Å². The van der Waals surface area contributed by atoms with E-state index in [0.29, 0.717) is 11.8 Å². The van der Waals surface area contributed by atoms with Crippen molar-refractivity contribution in [2.24, 2.45) is 0 Å². The fraction of sp³-hybridized carbons (Fsp3) is 0.250. The smallest absolute Gasteiger partial charge is 0.161 e. The Hall–Kier alpha value is -1.87. The second-order valence-electron chi connectivity index (χ2n) is 5.25. The largest absolute Gasteiger partial charge is 0.232 e. The lowest BCUT2D eigenvalue weighted by atomic mass is 10.1. The van der Waals surface area contributed by atoms with Gasteiger partial charge in [-0.2, -0.15) is 5.10 Å². The highest BCUT2D eigenvalue weighted by Gasteiger charge is 2.26. The average Bonchev–Trinajstić information content (AvgIpc) is 3.24. The van der Waals surface area contributed by atoms with E-state index < -0.39 is 0 Å². The third-order valence-electron chi connectivity index (χ3n) is 3.73. The third kappa shape index (κ3) is 1.98. The van der Waals surface area contributed by atoms with Crippen LogP contribution in [0, 0.1) is 0 Å². The van der Waals surface area contributed by atoms with Crippen LogP contribution in [-0.2, 0) is 5.88 Å². The molecule has 0 radical (unpaired) electrons. The van der Waals surface area contributed by atoms with Gasteiger partial charge in [0, 0.05) is 17.5 Å². The van der Waals surface area contributed by atoms with Gasteiger partial charge >= 0.3 is 0 Å². The SMILES string of the molecule is ClCc1cc2ccccc2c(-n2ccc(C3CC3)n2)n1. The second kappa shape index (κ2) is 4.60. The van der Waals surface area contributed by atoms with Gasteiger partial charge in [0.1, 0.15) is 0 Å². The molecule has 100 valence electrons. The molecule has 2 heterocycles. The van der Waals surface area contributed by atoms with Gasteiger partial charge in [-0.1, -0.05) is 24.3 Å². The van der Waals surface area contributed by atoms with Crippen LogP contribution in [0.2, 0.25) is 0 Å². The standard InChI is InChI=1S/C16H14ClN3/c17-10-13-9-12-3-1-2-4-14(12)16(18-13)20-8-7-15(19-20)11-5-6-11/h1-4,7-9,11H,5-6,10H2. The normalized spacial score (nSPS) is 14.8. The van der Waals surface area contributed by atoms with Gasteiger partial charge in [-0.3, -0.25) is 0 Å². The van der Waals surface area contributed by atoms with E-state index in [9.17, 15) is 0 Å². The number of pyridine rings is 1. The molecule has 4 rings (SSSR count). The average molecular weight is 284 g/mol. The highest BCUT2D eigenvalue weighted by Crippen LogP contribution is 2.39. The summed E-state index contributed by atoms with van der Waals surface area (Å²) in [6.45, 7) is 0. The number of nitrogens with zero attached hydrogens (tertiary/aromatic N) is 3. The first-order valence-corrected chi connectivity index (χ1v) is 7.39. The molecule has 2 aromatic heterocycles. The Morgan fingerprint density at radius 2 is 2.05 bits per heavy atom. The molecule has 20 heavy (non-hydrogen) atoms. The number of halogens is 1. The first kappa shape index (κ1) is 11.9. The molecular formula is C16H14ClN3. The molecule has 0 saturated heterocycles. The van der Waals surface area contributed by atoms with E-state index in [4.69, 9.17) is 11.6 Å². The van der Waals surface area contributed by atoms with Crippen molar-refractivity contribution < 1.29 is 0 Å². The molecule has 3 nitrogen and oxygen atoms in total. The summed E-state index contributed by atoms with van der Waals surface area (Å²) >= 11 is 5.96. The van der Waals surface area contributed by atoms with Crippen LogP contribution in [0.4, 0.5) is 0 Å². The summed E-state index contributed by atoms with van der Waals surface area (Å²) in [5.41, 5.74) is 2.05. The van der Waals surface area contributed by atoms with Gasteiger partial charge in [0.2, 0.25) is 0 Å². The summed E-state index contributed by atoms with van der Waals surface area (Å²) in [6, 6.07) is 12.4. The van der Waals surface area contributed by atoms with Crippen molar-refractivity contribution in [3.05, 3.63) is 54.0 Å². The Morgan fingerprint density at radius 1 is 1.20 bits per heavy atom. The van der Waals surface area contributed by atoms with Crippen LogP contribution < -0.4 is 0 Å². The molecule has 1 saturated carbocycles. The summed E-state index contributed by atoms with van der Waals surface area (Å²) in [6.07, 6.45) is 4.51. The lowest BCUT2D eigenvalue weighted by Gasteiger charge is -2.08. The molecule has 0 spiro atoms. The lowest BCUT2D eigenvalue weighted by molar-refractivity contribution is 0.815. The fourth-order valence-electron chi connectivity index (χ4n) is 2.53. The van der Waals surface area contributed by atoms with Crippen molar-refractivity contribution in [1.29, 1.82) is 0 Å². The van der Waals surface area contributed by atoms with E-state index >= 15 is 0 Å². The Balaban J connectivity index is 1.91. The number of hydrogen-bond acceptors (Lipinski definition) is 2. The molecule has 3 aromatic rings. The van der Waals surface area contributed by atoms with Gasteiger partial charge in [0.25, 0.3) is 0 Å². The molecule has 1 aliphatic carbocycles. The fourth-order valence-corrected chi connectivity index (χ4v) is 2.67. The van der Waals surface area contributed by atoms with E-state index in [2.05, 4.69) is 28.3 Å². The minimum absolute atomic E-state index is 0.411.